The van der Waals surface area contributed by atoms with Crippen LogP contribution in [0.4, 0.5) is 5.82 Å². The van der Waals surface area contributed by atoms with Crippen LogP contribution in [-0.2, 0) is 22.0 Å². The quantitative estimate of drug-likeness (QED) is 0.354. The predicted molar refractivity (Wildman–Crippen MR) is 125 cm³/mol. The number of nitrogens with two attached hydrogens (primary N) is 1. The molecule has 10 nitrogen and oxygen atoms in total. The van der Waals surface area contributed by atoms with Gasteiger partial charge in [0, 0.05) is 37.1 Å². The SMILES string of the molecule is Nc1ncnn2c(-c3cccc(CCN[SH](=O)=O)c3)cc(-c3ccnn3C3CCOCC3)c12. The summed E-state index contributed by atoms with van der Waals surface area (Å²) in [5.74, 6) is 0.394. The van der Waals surface area contributed by atoms with E-state index in [1.54, 1.807) is 0 Å². The summed E-state index contributed by atoms with van der Waals surface area (Å²) in [6.45, 7) is 1.79. The molecule has 3 aromatic heterocycles. The molecule has 0 unspecified atom stereocenters. The maximum absolute atomic E-state index is 10.8. The molecule has 1 fully saturated rings. The lowest BCUT2D eigenvalue weighted by Crippen LogP contribution is -2.21. The molecule has 11 heteroatoms. The fraction of sp³-hybridized carbons (Fsp3) is 0.318. The van der Waals surface area contributed by atoms with Crippen LogP contribution in [0.3, 0.4) is 0 Å². The Kier molecular flexibility index (Phi) is 6.07. The van der Waals surface area contributed by atoms with Crippen molar-refractivity contribution in [1.29, 1.82) is 0 Å². The van der Waals surface area contributed by atoms with Crippen molar-refractivity contribution in [2.24, 2.45) is 0 Å². The van der Waals surface area contributed by atoms with Gasteiger partial charge in [-0.15, -0.1) is 0 Å². The average molecular weight is 468 g/mol. The second kappa shape index (κ2) is 9.30. The summed E-state index contributed by atoms with van der Waals surface area (Å²) in [6, 6.07) is 12.3. The van der Waals surface area contributed by atoms with Crippen molar-refractivity contribution in [2.75, 3.05) is 25.5 Å². The zero-order chi connectivity index (χ0) is 22.8. The molecule has 0 saturated carbocycles. The van der Waals surface area contributed by atoms with Crippen LogP contribution in [0.25, 0.3) is 28.0 Å². The molecule has 1 aliphatic heterocycles. The molecule has 0 radical (unpaired) electrons. The van der Waals surface area contributed by atoms with Gasteiger partial charge in [-0.1, -0.05) is 18.2 Å². The summed E-state index contributed by atoms with van der Waals surface area (Å²) in [5, 5.41) is 9.10. The van der Waals surface area contributed by atoms with Crippen LogP contribution < -0.4 is 10.5 Å². The minimum Gasteiger partial charge on any atom is -0.382 e. The highest BCUT2D eigenvalue weighted by molar-refractivity contribution is 7.70. The Bertz CT molecular complexity index is 1350. The normalized spacial score (nSPS) is 14.9. The number of nitrogens with one attached hydrogen (secondary N) is 1. The summed E-state index contributed by atoms with van der Waals surface area (Å²) in [5.41, 5.74) is 11.8. The number of aromatic nitrogens is 5. The van der Waals surface area contributed by atoms with Crippen LogP contribution in [0.15, 0.2) is 48.9 Å². The number of nitrogens with zero attached hydrogens (tertiary/aromatic N) is 5. The van der Waals surface area contributed by atoms with Gasteiger partial charge >= 0.3 is 0 Å². The predicted octanol–water partition coefficient (Wildman–Crippen LogP) is 1.85. The number of benzene rings is 1. The van der Waals surface area contributed by atoms with E-state index in [1.807, 2.05) is 41.0 Å². The van der Waals surface area contributed by atoms with Crippen molar-refractivity contribution in [3.8, 4) is 22.5 Å². The first kappa shape index (κ1) is 21.6. The second-order valence-corrected chi connectivity index (χ2v) is 8.80. The van der Waals surface area contributed by atoms with E-state index in [2.05, 4.69) is 30.7 Å². The van der Waals surface area contributed by atoms with E-state index in [0.717, 1.165) is 59.7 Å². The number of rotatable bonds is 7. The molecule has 0 aliphatic carbocycles. The van der Waals surface area contributed by atoms with E-state index in [0.29, 0.717) is 18.8 Å². The number of anilines is 1. The van der Waals surface area contributed by atoms with Gasteiger partial charge in [-0.05, 0) is 43.0 Å². The van der Waals surface area contributed by atoms with Gasteiger partial charge in [-0.2, -0.15) is 10.2 Å². The lowest BCUT2D eigenvalue weighted by Gasteiger charge is -2.24. The number of nitrogen functional groups attached to an aromatic ring is 1. The standard InChI is InChI=1S/C22H25N7O3S/c23-22-21-18(19-5-8-25-28(19)17-6-10-32-11-7-17)13-20(29(21)26-14-24-22)16-3-1-2-15(12-16)4-9-27-33(30)31/h1-3,5,8,12-14,17,33H,4,6-7,9-11H2,(H2,23,24,26)(H,27,30,31). The van der Waals surface area contributed by atoms with Crippen molar-refractivity contribution in [1.82, 2.24) is 29.1 Å². The summed E-state index contributed by atoms with van der Waals surface area (Å²) >= 11 is 0. The zero-order valence-electron chi connectivity index (χ0n) is 17.9. The van der Waals surface area contributed by atoms with Crippen LogP contribution in [-0.4, -0.2) is 52.6 Å². The number of hydrogen-bond donors (Lipinski definition) is 3. The van der Waals surface area contributed by atoms with E-state index >= 15 is 0 Å². The average Bonchev–Trinajstić information content (AvgIpc) is 3.45. The third-order valence-electron chi connectivity index (χ3n) is 5.94. The molecule has 172 valence electrons. The van der Waals surface area contributed by atoms with Crippen molar-refractivity contribution >= 4 is 22.2 Å². The third-order valence-corrected chi connectivity index (χ3v) is 6.42. The number of ether oxygens (including phenoxy) is 1. The molecule has 4 aromatic rings. The molecule has 1 aliphatic rings. The van der Waals surface area contributed by atoms with Gasteiger partial charge < -0.3 is 10.5 Å². The minimum absolute atomic E-state index is 0.261. The van der Waals surface area contributed by atoms with E-state index in [9.17, 15) is 8.42 Å². The number of fused-ring (bicyclic) bond motifs is 1. The Morgan fingerprint density at radius 2 is 1.97 bits per heavy atom. The lowest BCUT2D eigenvalue weighted by atomic mass is 10.0. The van der Waals surface area contributed by atoms with Gasteiger partial charge in [0.15, 0.2) is 5.82 Å². The van der Waals surface area contributed by atoms with Crippen molar-refractivity contribution in [2.45, 2.75) is 25.3 Å². The molecule has 3 N–H and O–H groups in total. The molecule has 0 spiro atoms. The fourth-order valence-corrected chi connectivity index (χ4v) is 4.69. The van der Waals surface area contributed by atoms with E-state index < -0.39 is 10.9 Å². The van der Waals surface area contributed by atoms with Crippen molar-refractivity contribution in [3.05, 3.63) is 54.5 Å². The van der Waals surface area contributed by atoms with E-state index in [-0.39, 0.29) is 6.04 Å². The molecular formula is C22H25N7O3S. The van der Waals surface area contributed by atoms with Gasteiger partial charge in [-0.3, -0.25) is 4.68 Å². The Labute approximate surface area is 192 Å². The summed E-state index contributed by atoms with van der Waals surface area (Å²) in [4.78, 5) is 4.23. The van der Waals surface area contributed by atoms with Gasteiger partial charge in [0.2, 0.25) is 10.9 Å². The maximum atomic E-state index is 10.8. The zero-order valence-corrected chi connectivity index (χ0v) is 18.8. The van der Waals surface area contributed by atoms with E-state index in [1.165, 1.54) is 6.33 Å². The smallest absolute Gasteiger partial charge is 0.201 e. The van der Waals surface area contributed by atoms with Gasteiger partial charge in [0.05, 0.1) is 17.4 Å². The molecule has 0 bridgehead atoms. The Morgan fingerprint density at radius 3 is 2.79 bits per heavy atom. The molecular weight excluding hydrogens is 442 g/mol. The first-order valence-electron chi connectivity index (χ1n) is 10.8. The molecule has 5 rings (SSSR count). The molecule has 4 heterocycles. The van der Waals surface area contributed by atoms with E-state index in [4.69, 9.17) is 10.5 Å². The number of thiol groups is 1. The largest absolute Gasteiger partial charge is 0.382 e. The topological polar surface area (TPSA) is 129 Å². The highest BCUT2D eigenvalue weighted by Crippen LogP contribution is 2.36. The summed E-state index contributed by atoms with van der Waals surface area (Å²) in [6.07, 6.45) is 5.65. The van der Waals surface area contributed by atoms with Crippen LogP contribution in [0.1, 0.15) is 24.4 Å². The second-order valence-electron chi connectivity index (χ2n) is 7.97. The van der Waals surface area contributed by atoms with Gasteiger partial charge in [0.1, 0.15) is 11.8 Å². The first-order valence-corrected chi connectivity index (χ1v) is 12.0. The highest BCUT2D eigenvalue weighted by atomic mass is 32.2. The van der Waals surface area contributed by atoms with Gasteiger partial charge in [0.25, 0.3) is 0 Å². The maximum Gasteiger partial charge on any atom is 0.201 e. The molecule has 1 saturated heterocycles. The van der Waals surface area contributed by atoms with Crippen LogP contribution >= 0.6 is 0 Å². The van der Waals surface area contributed by atoms with Crippen molar-refractivity contribution in [3.63, 3.8) is 0 Å². The lowest BCUT2D eigenvalue weighted by molar-refractivity contribution is 0.0667. The van der Waals surface area contributed by atoms with Crippen LogP contribution in [0, 0.1) is 0 Å². The highest BCUT2D eigenvalue weighted by Gasteiger charge is 2.23. The third kappa shape index (κ3) is 4.34. The summed E-state index contributed by atoms with van der Waals surface area (Å²) < 4.78 is 33.4. The van der Waals surface area contributed by atoms with Crippen LogP contribution in [0.5, 0.6) is 0 Å². The molecule has 33 heavy (non-hydrogen) atoms. The molecule has 1 aromatic carbocycles. The Morgan fingerprint density at radius 1 is 1.12 bits per heavy atom. The fourth-order valence-electron chi connectivity index (χ4n) is 4.39. The number of hydrogen-bond acceptors (Lipinski definition) is 7. The Balaban J connectivity index is 1.58. The molecule has 0 atom stereocenters. The molecule has 0 amide bonds. The van der Waals surface area contributed by atoms with Crippen LogP contribution in [0.2, 0.25) is 0 Å². The Hall–Kier alpha value is -3.28. The van der Waals surface area contributed by atoms with Gasteiger partial charge in [-0.25, -0.2) is 22.6 Å². The minimum atomic E-state index is -2.60. The first-order chi connectivity index (χ1) is 16.1. The van der Waals surface area contributed by atoms with Crippen molar-refractivity contribution < 1.29 is 13.2 Å². The summed E-state index contributed by atoms with van der Waals surface area (Å²) in [7, 11) is -2.60. The monoisotopic (exact) mass is 467 g/mol.